The molecule has 1 unspecified atom stereocenters. The number of pyridine rings is 1. The molecule has 1 atom stereocenters. The lowest BCUT2D eigenvalue weighted by Crippen LogP contribution is -2.35. The molecule has 3 amide bonds. The van der Waals surface area contributed by atoms with Crippen LogP contribution in [0.5, 0.6) is 0 Å². The van der Waals surface area contributed by atoms with Gasteiger partial charge in [-0.3, -0.25) is 14.4 Å². The molecule has 0 saturated heterocycles. The lowest BCUT2D eigenvalue weighted by atomic mass is 9.79. The van der Waals surface area contributed by atoms with Gasteiger partial charge in [-0.15, -0.1) is 0 Å². The molecule has 0 bridgehead atoms. The van der Waals surface area contributed by atoms with Gasteiger partial charge < -0.3 is 20.9 Å². The Bertz CT molecular complexity index is 1640. The topological polar surface area (TPSA) is 119 Å². The van der Waals surface area contributed by atoms with Gasteiger partial charge >= 0.3 is 0 Å². The lowest BCUT2D eigenvalue weighted by Gasteiger charge is -2.20. The molecule has 186 valence electrons. The molecule has 4 N–H and O–H groups in total. The highest BCUT2D eigenvalue weighted by Crippen LogP contribution is 2.46. The van der Waals surface area contributed by atoms with Crippen LogP contribution < -0.4 is 16.4 Å². The number of aromatic nitrogens is 2. The molecule has 1 aliphatic carbocycles. The molecule has 1 aliphatic heterocycles. The quantitative estimate of drug-likeness (QED) is 0.395. The maximum atomic E-state index is 13.1. The van der Waals surface area contributed by atoms with Crippen LogP contribution in [0.4, 0.5) is 11.5 Å². The Balaban J connectivity index is 1.24. The van der Waals surface area contributed by atoms with Gasteiger partial charge in [-0.05, 0) is 78.8 Å². The van der Waals surface area contributed by atoms with Crippen molar-refractivity contribution < 1.29 is 14.4 Å². The Morgan fingerprint density at radius 1 is 1.14 bits per heavy atom. The molecular formula is C29H27N5O3. The van der Waals surface area contributed by atoms with Gasteiger partial charge in [-0.2, -0.15) is 0 Å². The number of nitrogens with zero attached hydrogens (tertiary/aromatic N) is 2. The van der Waals surface area contributed by atoms with Gasteiger partial charge in [-0.1, -0.05) is 18.2 Å². The van der Waals surface area contributed by atoms with Crippen molar-refractivity contribution in [3.63, 3.8) is 0 Å². The number of benzene rings is 2. The molecule has 8 heteroatoms. The van der Waals surface area contributed by atoms with Crippen molar-refractivity contribution in [2.75, 3.05) is 10.6 Å². The maximum absolute atomic E-state index is 13.1. The van der Waals surface area contributed by atoms with Crippen LogP contribution in [0, 0.1) is 13.8 Å². The second kappa shape index (κ2) is 8.30. The number of nitrogens with one attached hydrogen (secondary N) is 2. The molecule has 1 spiro atoms. The Hall–Kier alpha value is -4.46. The molecule has 6 rings (SSSR count). The Labute approximate surface area is 213 Å². The number of hydrogen-bond acceptors (Lipinski definition) is 4. The number of carbonyl (C=O) groups is 3. The fraction of sp³-hybridized carbons (Fsp3) is 0.241. The van der Waals surface area contributed by atoms with Crippen LogP contribution >= 0.6 is 0 Å². The predicted molar refractivity (Wildman–Crippen MR) is 141 cm³/mol. The molecule has 4 aromatic rings. The third-order valence-electron chi connectivity index (χ3n) is 7.54. The van der Waals surface area contributed by atoms with E-state index in [1.165, 1.54) is 0 Å². The summed E-state index contributed by atoms with van der Waals surface area (Å²) in [6.45, 7) is 4.11. The van der Waals surface area contributed by atoms with Gasteiger partial charge in [0.2, 0.25) is 17.7 Å². The minimum atomic E-state index is -0.648. The first-order chi connectivity index (χ1) is 17.7. The van der Waals surface area contributed by atoms with Gasteiger partial charge in [0, 0.05) is 34.5 Å². The second-order valence-corrected chi connectivity index (χ2v) is 10.2. The minimum Gasteiger partial charge on any atom is -0.369 e. The van der Waals surface area contributed by atoms with Crippen molar-refractivity contribution in [3.8, 4) is 0 Å². The first-order valence-electron chi connectivity index (χ1n) is 12.3. The second-order valence-electron chi connectivity index (χ2n) is 10.2. The highest BCUT2D eigenvalue weighted by Gasteiger charge is 2.51. The van der Waals surface area contributed by atoms with E-state index < -0.39 is 11.3 Å². The van der Waals surface area contributed by atoms with E-state index in [1.807, 2.05) is 61.0 Å². The molecule has 2 aliphatic rings. The van der Waals surface area contributed by atoms with E-state index in [1.54, 1.807) is 6.20 Å². The van der Waals surface area contributed by atoms with Crippen molar-refractivity contribution in [1.82, 2.24) is 9.55 Å². The SMILES string of the molecule is Cc1cc(C)c2c(CC(N)=O)cn(CC(=O)Nc3ccc4c(c3)CC3(C4)C(=O)Nc4ncccc43)c2c1. The van der Waals surface area contributed by atoms with Crippen LogP contribution in [0.3, 0.4) is 0 Å². The molecule has 8 nitrogen and oxygen atoms in total. The van der Waals surface area contributed by atoms with E-state index in [2.05, 4.69) is 21.7 Å². The fourth-order valence-corrected chi connectivity index (χ4v) is 6.06. The number of anilines is 2. The van der Waals surface area contributed by atoms with Crippen LogP contribution in [0.1, 0.15) is 33.4 Å². The molecule has 0 radical (unpaired) electrons. The normalized spacial score (nSPS) is 17.6. The van der Waals surface area contributed by atoms with Gasteiger partial charge in [-0.25, -0.2) is 4.98 Å². The molecule has 2 aromatic carbocycles. The van der Waals surface area contributed by atoms with E-state index >= 15 is 0 Å². The van der Waals surface area contributed by atoms with Gasteiger partial charge in [0.15, 0.2) is 0 Å². The number of rotatable bonds is 5. The monoisotopic (exact) mass is 493 g/mol. The summed E-state index contributed by atoms with van der Waals surface area (Å²) in [5.41, 5.74) is 12.4. The average molecular weight is 494 g/mol. The summed E-state index contributed by atoms with van der Waals surface area (Å²) < 4.78 is 1.87. The Morgan fingerprint density at radius 2 is 1.95 bits per heavy atom. The summed E-state index contributed by atoms with van der Waals surface area (Å²) in [6.07, 6.45) is 4.82. The summed E-state index contributed by atoms with van der Waals surface area (Å²) in [5.74, 6) is 0.0185. The molecular weight excluding hydrogens is 466 g/mol. The summed E-state index contributed by atoms with van der Waals surface area (Å²) in [4.78, 5) is 42.0. The van der Waals surface area contributed by atoms with E-state index in [0.717, 1.165) is 44.3 Å². The first-order valence-corrected chi connectivity index (χ1v) is 12.3. The Kier molecular flexibility index (Phi) is 5.15. The smallest absolute Gasteiger partial charge is 0.244 e. The Morgan fingerprint density at radius 3 is 2.76 bits per heavy atom. The van der Waals surface area contributed by atoms with Crippen LogP contribution in [0.25, 0.3) is 10.9 Å². The number of amides is 3. The fourth-order valence-electron chi connectivity index (χ4n) is 6.06. The number of nitrogens with two attached hydrogens (primary N) is 1. The maximum Gasteiger partial charge on any atom is 0.244 e. The predicted octanol–water partition coefficient (Wildman–Crippen LogP) is 3.31. The third kappa shape index (κ3) is 3.76. The first kappa shape index (κ1) is 23.0. The summed E-state index contributed by atoms with van der Waals surface area (Å²) in [7, 11) is 0. The summed E-state index contributed by atoms with van der Waals surface area (Å²) in [5, 5.41) is 6.90. The van der Waals surface area contributed by atoms with E-state index in [4.69, 9.17) is 5.73 Å². The van der Waals surface area contributed by atoms with Crippen LogP contribution in [0.2, 0.25) is 0 Å². The number of fused-ring (bicyclic) bond motifs is 4. The average Bonchev–Trinajstić information content (AvgIpc) is 3.46. The van der Waals surface area contributed by atoms with Crippen molar-refractivity contribution in [2.24, 2.45) is 5.73 Å². The number of primary amides is 1. The van der Waals surface area contributed by atoms with Crippen LogP contribution in [0.15, 0.2) is 54.9 Å². The molecule has 2 aromatic heterocycles. The zero-order valence-electron chi connectivity index (χ0n) is 20.7. The summed E-state index contributed by atoms with van der Waals surface area (Å²) >= 11 is 0. The van der Waals surface area contributed by atoms with Gasteiger partial charge in [0.05, 0.1) is 11.8 Å². The van der Waals surface area contributed by atoms with Crippen molar-refractivity contribution >= 4 is 40.1 Å². The molecule has 0 fully saturated rings. The highest BCUT2D eigenvalue weighted by molar-refractivity contribution is 6.06. The van der Waals surface area contributed by atoms with Crippen molar-refractivity contribution in [3.05, 3.63) is 88.2 Å². The van der Waals surface area contributed by atoms with Crippen molar-refractivity contribution in [2.45, 2.75) is 45.1 Å². The standard InChI is InChI=1S/C29H27N5O3/c1-16-8-17(2)26-20(11-24(30)35)14-34(23(26)9-16)15-25(36)32-21-6-5-18-12-29(13-19(18)10-21)22-4-3-7-31-27(22)33-28(29)37/h3-10,14H,11-13,15H2,1-2H3,(H2,30,35)(H,32,36)(H,31,33,37). The van der Waals surface area contributed by atoms with E-state index in [9.17, 15) is 14.4 Å². The molecule has 3 heterocycles. The third-order valence-corrected chi connectivity index (χ3v) is 7.54. The minimum absolute atomic E-state index is 0.0279. The van der Waals surface area contributed by atoms with Gasteiger partial charge in [0.25, 0.3) is 0 Å². The number of aryl methyl sites for hydroxylation is 2. The van der Waals surface area contributed by atoms with Crippen molar-refractivity contribution in [1.29, 1.82) is 0 Å². The summed E-state index contributed by atoms with van der Waals surface area (Å²) in [6, 6.07) is 13.7. The molecule has 37 heavy (non-hydrogen) atoms. The zero-order chi connectivity index (χ0) is 25.9. The number of carbonyl (C=O) groups excluding carboxylic acids is 3. The lowest BCUT2D eigenvalue weighted by molar-refractivity contribution is -0.120. The molecule has 0 saturated carbocycles. The van der Waals surface area contributed by atoms with E-state index in [-0.39, 0.29) is 24.8 Å². The van der Waals surface area contributed by atoms with Gasteiger partial charge in [0.1, 0.15) is 12.4 Å². The zero-order valence-corrected chi connectivity index (χ0v) is 20.7. The van der Waals surface area contributed by atoms with E-state index in [0.29, 0.717) is 24.3 Å². The highest BCUT2D eigenvalue weighted by atomic mass is 16.2. The number of hydrogen-bond donors (Lipinski definition) is 3. The van der Waals surface area contributed by atoms with Crippen LogP contribution in [-0.2, 0) is 45.6 Å². The van der Waals surface area contributed by atoms with Crippen LogP contribution in [-0.4, -0.2) is 27.3 Å². The largest absolute Gasteiger partial charge is 0.369 e.